The molecule has 0 saturated carbocycles. The SMILES string of the molecule is Oc1ccc(/C=N/N=c2scc(-c3ccccc3)n2Cc2ccco2)cc1. The third-order valence-electron chi connectivity index (χ3n) is 4.00. The Hall–Kier alpha value is -3.38. The maximum Gasteiger partial charge on any atom is 0.211 e. The summed E-state index contributed by atoms with van der Waals surface area (Å²) in [5.74, 6) is 1.08. The van der Waals surface area contributed by atoms with Crippen LogP contribution >= 0.6 is 11.3 Å². The normalized spacial score (nSPS) is 12.1. The van der Waals surface area contributed by atoms with E-state index in [1.165, 1.54) is 11.3 Å². The predicted molar refractivity (Wildman–Crippen MR) is 107 cm³/mol. The molecule has 0 aliphatic rings. The number of rotatable bonds is 5. The van der Waals surface area contributed by atoms with Gasteiger partial charge in [0.25, 0.3) is 0 Å². The monoisotopic (exact) mass is 375 g/mol. The number of hydrogen-bond donors (Lipinski definition) is 1. The van der Waals surface area contributed by atoms with Gasteiger partial charge in [-0.05, 0) is 47.5 Å². The number of phenols is 1. The first-order chi connectivity index (χ1) is 13.3. The lowest BCUT2D eigenvalue weighted by Crippen LogP contribution is -2.16. The van der Waals surface area contributed by atoms with Crippen LogP contribution in [0.2, 0.25) is 0 Å². The van der Waals surface area contributed by atoms with Crippen LogP contribution in [0, 0.1) is 0 Å². The maximum absolute atomic E-state index is 9.35. The minimum Gasteiger partial charge on any atom is -0.508 e. The summed E-state index contributed by atoms with van der Waals surface area (Å²) in [6.45, 7) is 0.578. The van der Waals surface area contributed by atoms with Crippen LogP contribution < -0.4 is 4.80 Å². The van der Waals surface area contributed by atoms with Crippen molar-refractivity contribution in [3.05, 3.63) is 94.5 Å². The highest BCUT2D eigenvalue weighted by Gasteiger charge is 2.09. The van der Waals surface area contributed by atoms with E-state index in [0.717, 1.165) is 27.4 Å². The van der Waals surface area contributed by atoms with Crippen molar-refractivity contribution in [2.45, 2.75) is 6.54 Å². The van der Waals surface area contributed by atoms with Crippen molar-refractivity contribution in [3.8, 4) is 17.0 Å². The van der Waals surface area contributed by atoms with Crippen LogP contribution in [0.4, 0.5) is 0 Å². The Morgan fingerprint density at radius 1 is 1.00 bits per heavy atom. The van der Waals surface area contributed by atoms with Crippen molar-refractivity contribution in [2.75, 3.05) is 0 Å². The van der Waals surface area contributed by atoms with Gasteiger partial charge in [-0.1, -0.05) is 30.3 Å². The first-order valence-corrected chi connectivity index (χ1v) is 9.30. The predicted octanol–water partition coefficient (Wildman–Crippen LogP) is 4.50. The number of aromatic nitrogens is 1. The summed E-state index contributed by atoms with van der Waals surface area (Å²) in [6, 6.07) is 20.8. The summed E-state index contributed by atoms with van der Waals surface area (Å²) < 4.78 is 7.61. The number of hydrogen-bond acceptors (Lipinski definition) is 5. The van der Waals surface area contributed by atoms with E-state index in [-0.39, 0.29) is 5.75 Å². The van der Waals surface area contributed by atoms with Gasteiger partial charge < -0.3 is 14.1 Å². The fourth-order valence-corrected chi connectivity index (χ4v) is 3.53. The summed E-state index contributed by atoms with van der Waals surface area (Å²) in [4.78, 5) is 0.778. The number of furan rings is 1. The minimum absolute atomic E-state index is 0.228. The molecule has 2 aromatic heterocycles. The Morgan fingerprint density at radius 2 is 1.81 bits per heavy atom. The largest absolute Gasteiger partial charge is 0.508 e. The minimum atomic E-state index is 0.228. The van der Waals surface area contributed by atoms with Gasteiger partial charge in [0.1, 0.15) is 11.5 Å². The molecular weight excluding hydrogens is 358 g/mol. The highest BCUT2D eigenvalue weighted by molar-refractivity contribution is 7.07. The number of nitrogens with zero attached hydrogens (tertiary/aromatic N) is 3. The molecule has 0 radical (unpaired) electrons. The standard InChI is InChI=1S/C21H17N3O2S/c25-18-10-8-16(9-11-18)13-22-23-21-24(14-19-7-4-12-26-19)20(15-27-21)17-5-2-1-3-6-17/h1-13,15,25H,14H2/b22-13+,23-21?. The third kappa shape index (κ3) is 4.07. The van der Waals surface area contributed by atoms with Gasteiger partial charge in [-0.2, -0.15) is 5.10 Å². The molecule has 6 heteroatoms. The molecule has 4 rings (SSSR count). The molecule has 0 atom stereocenters. The summed E-state index contributed by atoms with van der Waals surface area (Å²) in [5.41, 5.74) is 3.05. The summed E-state index contributed by atoms with van der Waals surface area (Å²) in [7, 11) is 0. The van der Waals surface area contributed by atoms with Crippen LogP contribution in [0.5, 0.6) is 5.75 Å². The fourth-order valence-electron chi connectivity index (χ4n) is 2.67. The highest BCUT2D eigenvalue weighted by atomic mass is 32.1. The van der Waals surface area contributed by atoms with Gasteiger partial charge in [-0.25, -0.2) is 0 Å². The molecule has 0 saturated heterocycles. The highest BCUT2D eigenvalue weighted by Crippen LogP contribution is 2.21. The molecule has 27 heavy (non-hydrogen) atoms. The second-order valence-electron chi connectivity index (χ2n) is 5.87. The van der Waals surface area contributed by atoms with Crippen molar-refractivity contribution in [1.29, 1.82) is 0 Å². The van der Waals surface area contributed by atoms with Gasteiger partial charge in [0.05, 0.1) is 24.7 Å². The zero-order chi connectivity index (χ0) is 18.5. The first-order valence-electron chi connectivity index (χ1n) is 8.42. The van der Waals surface area contributed by atoms with Crippen molar-refractivity contribution in [1.82, 2.24) is 4.57 Å². The Morgan fingerprint density at radius 3 is 2.56 bits per heavy atom. The van der Waals surface area contributed by atoms with E-state index in [1.54, 1.807) is 36.7 Å². The Bertz CT molecular complexity index is 1090. The van der Waals surface area contributed by atoms with E-state index in [0.29, 0.717) is 6.54 Å². The molecule has 134 valence electrons. The molecule has 2 aromatic carbocycles. The molecule has 0 fully saturated rings. The molecule has 0 aliphatic heterocycles. The van der Waals surface area contributed by atoms with E-state index in [1.807, 2.05) is 30.3 Å². The number of benzene rings is 2. The second-order valence-corrected chi connectivity index (χ2v) is 6.71. The van der Waals surface area contributed by atoms with Crippen LogP contribution in [-0.2, 0) is 6.54 Å². The Kier molecular flexibility index (Phi) is 4.98. The van der Waals surface area contributed by atoms with Crippen LogP contribution in [0.15, 0.2) is 93.0 Å². The van der Waals surface area contributed by atoms with E-state index in [4.69, 9.17) is 4.42 Å². The molecule has 0 bridgehead atoms. The molecule has 2 heterocycles. The number of aromatic hydroxyl groups is 1. The lowest BCUT2D eigenvalue weighted by Gasteiger charge is -2.07. The Labute approximate surface area is 160 Å². The van der Waals surface area contributed by atoms with Crippen molar-refractivity contribution in [3.63, 3.8) is 0 Å². The average molecular weight is 375 g/mol. The van der Waals surface area contributed by atoms with Crippen LogP contribution in [0.25, 0.3) is 11.3 Å². The van der Waals surface area contributed by atoms with Gasteiger partial charge in [0.15, 0.2) is 0 Å². The smallest absolute Gasteiger partial charge is 0.211 e. The zero-order valence-corrected chi connectivity index (χ0v) is 15.2. The van der Waals surface area contributed by atoms with Gasteiger partial charge >= 0.3 is 0 Å². The van der Waals surface area contributed by atoms with Crippen molar-refractivity contribution < 1.29 is 9.52 Å². The molecule has 0 spiro atoms. The van der Waals surface area contributed by atoms with Crippen LogP contribution in [0.1, 0.15) is 11.3 Å². The third-order valence-corrected chi connectivity index (χ3v) is 4.86. The molecule has 5 nitrogen and oxygen atoms in total. The van der Waals surface area contributed by atoms with Crippen LogP contribution in [0.3, 0.4) is 0 Å². The quantitative estimate of drug-likeness (QED) is 0.412. The zero-order valence-electron chi connectivity index (χ0n) is 14.4. The molecule has 4 aromatic rings. The average Bonchev–Trinajstić information content (AvgIpc) is 3.35. The first kappa shape index (κ1) is 17.1. The van der Waals surface area contributed by atoms with Gasteiger partial charge in [-0.15, -0.1) is 16.4 Å². The summed E-state index contributed by atoms with van der Waals surface area (Å²) >= 11 is 1.53. The van der Waals surface area contributed by atoms with Crippen molar-refractivity contribution >= 4 is 17.6 Å². The topological polar surface area (TPSA) is 63.0 Å². The van der Waals surface area contributed by atoms with E-state index in [2.05, 4.69) is 32.3 Å². The van der Waals surface area contributed by atoms with Gasteiger partial charge in [0, 0.05) is 5.38 Å². The lowest BCUT2D eigenvalue weighted by molar-refractivity contribution is 0.475. The second kappa shape index (κ2) is 7.88. The number of phenolic OH excluding ortho intramolecular Hbond substituents is 1. The van der Waals surface area contributed by atoms with E-state index >= 15 is 0 Å². The summed E-state index contributed by atoms with van der Waals surface area (Å²) in [5, 5.41) is 20.0. The van der Waals surface area contributed by atoms with Crippen molar-refractivity contribution in [2.24, 2.45) is 10.2 Å². The number of thiazole rings is 1. The molecule has 0 unspecified atom stereocenters. The molecular formula is C21H17N3O2S. The van der Waals surface area contributed by atoms with Crippen LogP contribution in [-0.4, -0.2) is 15.9 Å². The molecule has 1 N–H and O–H groups in total. The van der Waals surface area contributed by atoms with E-state index in [9.17, 15) is 5.11 Å². The Balaban J connectivity index is 1.71. The molecule has 0 aliphatic carbocycles. The maximum atomic E-state index is 9.35. The summed E-state index contributed by atoms with van der Waals surface area (Å²) in [6.07, 6.45) is 3.34. The fraction of sp³-hybridized carbons (Fsp3) is 0.0476. The van der Waals surface area contributed by atoms with E-state index < -0.39 is 0 Å². The lowest BCUT2D eigenvalue weighted by atomic mass is 10.2. The van der Waals surface area contributed by atoms with Gasteiger partial charge in [0.2, 0.25) is 4.80 Å². The van der Waals surface area contributed by atoms with Gasteiger partial charge in [-0.3, -0.25) is 0 Å². The molecule has 0 amide bonds.